The van der Waals surface area contributed by atoms with E-state index in [1.165, 1.54) is 22.2 Å². The molecule has 0 radical (unpaired) electrons. The number of nitrogens with zero attached hydrogens (tertiary/aromatic N) is 1. The van der Waals surface area contributed by atoms with Crippen molar-refractivity contribution in [3.05, 3.63) is 57.7 Å². The lowest BCUT2D eigenvalue weighted by Crippen LogP contribution is -2.62. The number of carbonyl (C=O) groups is 2. The number of hydrogen-bond donors (Lipinski definition) is 1. The molecular weight excluding hydrogens is 711 g/mol. The first-order valence-electron chi connectivity index (χ1n) is 18.7. The number of β-lactam (4-membered cyclic amide) rings is 1. The minimum Gasteiger partial charge on any atom is -0.507 e. The third-order valence-electron chi connectivity index (χ3n) is 10.7. The van der Waals surface area contributed by atoms with Crippen LogP contribution in [-0.4, -0.2) is 59.1 Å². The van der Waals surface area contributed by atoms with Crippen LogP contribution in [0.3, 0.4) is 0 Å². The Bertz CT molecular complexity index is 1620. The number of aromatic hydroxyl groups is 1. The first kappa shape index (κ1) is 42.1. The lowest BCUT2D eigenvalue weighted by atomic mass is 9.73. The predicted molar refractivity (Wildman–Crippen MR) is 217 cm³/mol. The molecule has 5 atom stereocenters. The molecule has 1 saturated heterocycles. The lowest BCUT2D eigenvalue weighted by molar-refractivity contribution is -0.162. The quantitative estimate of drug-likeness (QED) is 0.0525. The van der Waals surface area contributed by atoms with E-state index in [0.717, 1.165) is 49.7 Å². The molecule has 1 aromatic carbocycles. The summed E-state index contributed by atoms with van der Waals surface area (Å²) in [4.78, 5) is 29.4. The summed E-state index contributed by atoms with van der Waals surface area (Å²) in [7, 11) is -2.16. The van der Waals surface area contributed by atoms with Crippen LogP contribution in [0.4, 0.5) is 0 Å². The molecule has 0 spiro atoms. The average Bonchev–Trinajstić information content (AvgIpc) is 3.32. The number of aryl methyl sites for hydroxylation is 1. The van der Waals surface area contributed by atoms with Gasteiger partial charge in [-0.05, 0) is 109 Å². The number of phenols is 1. The van der Waals surface area contributed by atoms with Crippen molar-refractivity contribution in [3.8, 4) is 11.5 Å². The normalized spacial score (nSPS) is 22.7. The molecule has 288 valence electrons. The molecule has 1 aromatic rings. The zero-order valence-electron chi connectivity index (χ0n) is 33.4. The number of benzene rings is 1. The number of phenolic OH excluding ortho intramolecular Hbond substituents is 1. The van der Waals surface area contributed by atoms with Crippen molar-refractivity contribution in [2.24, 2.45) is 11.8 Å². The number of thiocarbonyl (C=S) groups is 1. The van der Waals surface area contributed by atoms with Gasteiger partial charge in [-0.1, -0.05) is 76.1 Å². The van der Waals surface area contributed by atoms with E-state index in [-0.39, 0.29) is 57.5 Å². The molecule has 11 heteroatoms. The molecule has 0 saturated carbocycles. The summed E-state index contributed by atoms with van der Waals surface area (Å²) in [5.41, 5.74) is 3.33. The Balaban J connectivity index is 1.61. The van der Waals surface area contributed by atoms with Crippen LogP contribution >= 0.6 is 24.0 Å². The van der Waals surface area contributed by atoms with Crippen LogP contribution in [0.5, 0.6) is 11.5 Å². The first-order valence-corrected chi connectivity index (χ1v) is 22.9. The van der Waals surface area contributed by atoms with Gasteiger partial charge in [0.15, 0.2) is 8.32 Å². The maximum Gasteiger partial charge on any atom is 0.358 e. The molecule has 4 rings (SSSR count). The summed E-state index contributed by atoms with van der Waals surface area (Å²) in [5, 5.41) is 11.0. The number of ether oxygens (including phenoxy) is 3. The van der Waals surface area contributed by atoms with Gasteiger partial charge in [-0.25, -0.2) is 4.79 Å². The Hall–Kier alpha value is -2.60. The smallest absolute Gasteiger partial charge is 0.358 e. The van der Waals surface area contributed by atoms with E-state index in [9.17, 15) is 14.7 Å². The van der Waals surface area contributed by atoms with Gasteiger partial charge >= 0.3 is 11.2 Å². The standard InChI is InChI=1S/C41H61NO7S2Si/c1-14-15-16-17-27-21-30(43)34(29-20-25(4)18-19-28(29)24(2)3)31(22-27)47-39(50)46-23-32-35(38(45)48-40(6,7)8)42-36(44)33(37(42)51-32)26(5)49-52(12,13)41(9,10)11/h20-22,26,28-29,33,37,43H,2,14-19,23H2,1,3-13H3/t26-,28+,29-,33+,37-/m1/s1. The van der Waals surface area contributed by atoms with Crippen molar-refractivity contribution in [1.82, 2.24) is 4.90 Å². The maximum absolute atomic E-state index is 13.7. The summed E-state index contributed by atoms with van der Waals surface area (Å²) in [5.74, 6) is -0.565. The number of thioether (sulfide) groups is 1. The fourth-order valence-corrected chi connectivity index (χ4v) is 10.0. The van der Waals surface area contributed by atoms with E-state index in [0.29, 0.717) is 16.2 Å². The molecule has 1 N–H and O–H groups in total. The number of rotatable bonds is 13. The highest BCUT2D eigenvalue weighted by Gasteiger charge is 2.59. The lowest BCUT2D eigenvalue weighted by Gasteiger charge is -2.48. The highest BCUT2D eigenvalue weighted by atomic mass is 32.2. The van der Waals surface area contributed by atoms with Gasteiger partial charge in [-0.3, -0.25) is 9.69 Å². The second-order valence-electron chi connectivity index (χ2n) is 17.3. The largest absolute Gasteiger partial charge is 0.507 e. The summed E-state index contributed by atoms with van der Waals surface area (Å²) >= 11 is 7.09. The summed E-state index contributed by atoms with van der Waals surface area (Å²) in [6.07, 6.45) is 7.72. The number of allylic oxidation sites excluding steroid dienone is 3. The second kappa shape index (κ2) is 16.4. The minimum atomic E-state index is -2.16. The van der Waals surface area contributed by atoms with Crippen LogP contribution in [0.2, 0.25) is 18.1 Å². The van der Waals surface area contributed by atoms with Gasteiger partial charge in [-0.15, -0.1) is 0 Å². The molecule has 2 aliphatic heterocycles. The fraction of sp³-hybridized carbons (Fsp3) is 0.634. The molecule has 1 fully saturated rings. The zero-order chi connectivity index (χ0) is 38.9. The average molecular weight is 772 g/mol. The maximum atomic E-state index is 13.7. The molecule has 52 heavy (non-hydrogen) atoms. The van der Waals surface area contributed by atoms with Gasteiger partial charge in [0.05, 0.1) is 16.9 Å². The van der Waals surface area contributed by atoms with Crippen molar-refractivity contribution < 1.29 is 33.3 Å². The second-order valence-corrected chi connectivity index (χ2v) is 23.6. The Morgan fingerprint density at radius 1 is 1.17 bits per heavy atom. The summed E-state index contributed by atoms with van der Waals surface area (Å²) < 4.78 is 24.8. The summed E-state index contributed by atoms with van der Waals surface area (Å²) in [6.45, 7) is 28.7. The van der Waals surface area contributed by atoms with Gasteiger partial charge in [0.2, 0.25) is 5.91 Å². The van der Waals surface area contributed by atoms with Crippen LogP contribution in [0.1, 0.15) is 118 Å². The van der Waals surface area contributed by atoms with E-state index in [2.05, 4.69) is 60.4 Å². The van der Waals surface area contributed by atoms with Crippen molar-refractivity contribution in [2.45, 2.75) is 149 Å². The number of esters is 1. The Morgan fingerprint density at radius 3 is 2.44 bits per heavy atom. The van der Waals surface area contributed by atoms with E-state index in [1.54, 1.807) is 20.8 Å². The first-order chi connectivity index (χ1) is 24.1. The van der Waals surface area contributed by atoms with Crippen LogP contribution in [-0.2, 0) is 29.9 Å². The van der Waals surface area contributed by atoms with Gasteiger partial charge in [0, 0.05) is 23.7 Å². The number of carbonyl (C=O) groups excluding carboxylic acids is 2. The monoisotopic (exact) mass is 771 g/mol. The molecule has 1 amide bonds. The van der Waals surface area contributed by atoms with Gasteiger partial charge in [0.1, 0.15) is 34.8 Å². The van der Waals surface area contributed by atoms with E-state index in [1.807, 2.05) is 26.0 Å². The number of amides is 1. The van der Waals surface area contributed by atoms with Gasteiger partial charge in [-0.2, -0.15) is 0 Å². The number of fused-ring (bicyclic) bond motifs is 1. The molecule has 1 aliphatic carbocycles. The van der Waals surface area contributed by atoms with E-state index < -0.39 is 25.8 Å². The third kappa shape index (κ3) is 9.54. The highest BCUT2D eigenvalue weighted by Crippen LogP contribution is 2.52. The molecule has 3 aliphatic rings. The minimum absolute atomic E-state index is 0.0195. The topological polar surface area (TPSA) is 94.5 Å². The predicted octanol–water partition coefficient (Wildman–Crippen LogP) is 10.3. The SMILES string of the molecule is C=C(C)[C@@H]1CCC(C)=C[C@H]1c1c(O)cc(CCCCC)cc1OC(=S)OCC1=C(C(=O)OC(C)(C)C)N2C(=O)[C@H]([C@@H](C)O[Si](C)(C)C(C)(C)C)[C@H]2S1. The van der Waals surface area contributed by atoms with Gasteiger partial charge in [0.25, 0.3) is 0 Å². The van der Waals surface area contributed by atoms with Crippen LogP contribution in [0, 0.1) is 11.8 Å². The molecule has 0 unspecified atom stereocenters. The molecule has 2 heterocycles. The van der Waals surface area contributed by atoms with Crippen molar-refractivity contribution >= 4 is 49.4 Å². The van der Waals surface area contributed by atoms with E-state index in [4.69, 9.17) is 30.9 Å². The molecule has 0 bridgehead atoms. The summed E-state index contributed by atoms with van der Waals surface area (Å²) in [6, 6.07) is 3.80. The molecular formula is C41H61NO7S2Si. The fourth-order valence-electron chi connectivity index (χ4n) is 6.93. The van der Waals surface area contributed by atoms with Crippen LogP contribution in [0.25, 0.3) is 0 Å². The number of hydrogen-bond acceptors (Lipinski definition) is 9. The Labute approximate surface area is 322 Å². The van der Waals surface area contributed by atoms with Crippen molar-refractivity contribution in [2.75, 3.05) is 6.61 Å². The Morgan fingerprint density at radius 2 is 1.85 bits per heavy atom. The number of unbranched alkanes of at least 4 members (excludes halogenated alkanes) is 2. The van der Waals surface area contributed by atoms with E-state index >= 15 is 0 Å². The highest BCUT2D eigenvalue weighted by molar-refractivity contribution is 8.04. The van der Waals surface area contributed by atoms with Crippen molar-refractivity contribution in [3.63, 3.8) is 0 Å². The molecule has 8 nitrogen and oxygen atoms in total. The van der Waals surface area contributed by atoms with Crippen LogP contribution < -0.4 is 4.74 Å². The van der Waals surface area contributed by atoms with Gasteiger partial charge < -0.3 is 23.7 Å². The Kier molecular flexibility index (Phi) is 13.3. The zero-order valence-corrected chi connectivity index (χ0v) is 36.1. The van der Waals surface area contributed by atoms with Crippen molar-refractivity contribution in [1.29, 1.82) is 0 Å². The van der Waals surface area contributed by atoms with Crippen LogP contribution in [0.15, 0.2) is 46.5 Å². The molecule has 0 aromatic heterocycles. The third-order valence-corrected chi connectivity index (χ3v) is 16.8.